The lowest BCUT2D eigenvalue weighted by Crippen LogP contribution is -2.58. The summed E-state index contributed by atoms with van der Waals surface area (Å²) in [5.41, 5.74) is 11.1. The van der Waals surface area contributed by atoms with E-state index in [2.05, 4.69) is 63.8 Å². The van der Waals surface area contributed by atoms with Gasteiger partial charge in [-0.1, -0.05) is 47.5 Å². The zero-order valence-corrected chi connectivity index (χ0v) is 51.7. The van der Waals surface area contributed by atoms with Crippen molar-refractivity contribution in [3.63, 3.8) is 0 Å². The van der Waals surface area contributed by atoms with Gasteiger partial charge in [-0.25, -0.2) is 0 Å². The van der Waals surface area contributed by atoms with Crippen molar-refractivity contribution in [2.24, 2.45) is 11.5 Å². The minimum Gasteiger partial charge on any atom is -0.468 e. The number of hydrogen-bond donors (Lipinski definition) is 14. The van der Waals surface area contributed by atoms with E-state index >= 15 is 0 Å². The third-order valence-electron chi connectivity index (χ3n) is 14.5. The zero-order valence-electron chi connectivity index (χ0n) is 51.7. The summed E-state index contributed by atoms with van der Waals surface area (Å²) < 4.78 is 4.94. The first-order valence-electron chi connectivity index (χ1n) is 31.6. The van der Waals surface area contributed by atoms with Crippen molar-refractivity contribution in [1.29, 1.82) is 0 Å². The first kappa shape index (κ1) is 76.5. The standard InChI is InChI=1S/C58H111N15O11/c1-6-61-34-20-14-25-43(65-10-5)54(79)70-46(26-13-18-33-59)55(80)69-45(28-16-22-36-63-8-3)53(78)67-41-51(76)73-39-24-30-49(73)58(83)72-47(29-17-23-37-64-9-4)56(81)71-48(32-40-84-42-74)57(82)68-44(27-15-21-35-62-7-2)52(77)66-38-19-11-12-31-50(60)75/h42-49,61-65H,6-41,59H2,1-5H3,(H2,60,75)(H,66,77)(H,67,78)(H,68,82)(H,69,80)(H,70,79)(H,71,81)(H,72,83). The van der Waals surface area contributed by atoms with E-state index in [-0.39, 0.29) is 57.6 Å². The quantitative estimate of drug-likeness (QED) is 0.0269. The summed E-state index contributed by atoms with van der Waals surface area (Å²) in [4.78, 5) is 136. The van der Waals surface area contributed by atoms with Crippen LogP contribution in [0.1, 0.15) is 176 Å². The Morgan fingerprint density at radius 1 is 0.488 bits per heavy atom. The second-order valence-corrected chi connectivity index (χ2v) is 21.4. The minimum atomic E-state index is -1.29. The van der Waals surface area contributed by atoms with Crippen molar-refractivity contribution in [2.45, 2.75) is 218 Å². The molecule has 1 aliphatic heterocycles. The monoisotopic (exact) mass is 1190 g/mol. The summed E-state index contributed by atoms with van der Waals surface area (Å²) in [7, 11) is 0. The highest BCUT2D eigenvalue weighted by Gasteiger charge is 2.37. The molecule has 0 aromatic carbocycles. The molecule has 1 aliphatic rings. The molecule has 1 fully saturated rings. The summed E-state index contributed by atoms with van der Waals surface area (Å²) in [5.74, 6) is -4.81. The lowest BCUT2D eigenvalue weighted by atomic mass is 10.0. The Bertz CT molecular complexity index is 1890. The Morgan fingerprint density at radius 3 is 1.36 bits per heavy atom. The van der Waals surface area contributed by atoms with Crippen LogP contribution in [0.2, 0.25) is 0 Å². The molecule has 26 nitrogen and oxygen atoms in total. The molecule has 84 heavy (non-hydrogen) atoms. The fourth-order valence-corrected chi connectivity index (χ4v) is 9.76. The average molecular weight is 1190 g/mol. The summed E-state index contributed by atoms with van der Waals surface area (Å²) in [6, 6.07) is -6.94. The van der Waals surface area contributed by atoms with Gasteiger partial charge in [0.25, 0.3) is 6.47 Å². The van der Waals surface area contributed by atoms with E-state index in [1.165, 1.54) is 4.90 Å². The van der Waals surface area contributed by atoms with Crippen LogP contribution in [0.25, 0.3) is 0 Å². The highest BCUT2D eigenvalue weighted by Crippen LogP contribution is 2.19. The van der Waals surface area contributed by atoms with E-state index in [1.54, 1.807) is 0 Å². The largest absolute Gasteiger partial charge is 0.468 e. The molecule has 0 aromatic heterocycles. The molecule has 0 saturated carbocycles. The molecule has 484 valence electrons. The van der Waals surface area contributed by atoms with Crippen molar-refractivity contribution in [2.75, 3.05) is 91.7 Å². The molecule has 1 heterocycles. The van der Waals surface area contributed by atoms with Crippen LogP contribution in [0.4, 0.5) is 0 Å². The average Bonchev–Trinajstić information content (AvgIpc) is 4.22. The molecule has 0 aliphatic carbocycles. The number of nitrogens with zero attached hydrogens (tertiary/aromatic N) is 1. The van der Waals surface area contributed by atoms with Gasteiger partial charge in [-0.05, 0) is 181 Å². The van der Waals surface area contributed by atoms with E-state index in [9.17, 15) is 47.9 Å². The number of amides is 9. The molecular weight excluding hydrogens is 1080 g/mol. The molecule has 0 spiro atoms. The van der Waals surface area contributed by atoms with Gasteiger partial charge in [-0.3, -0.25) is 47.9 Å². The van der Waals surface area contributed by atoms with Gasteiger partial charge < -0.3 is 84.9 Å². The van der Waals surface area contributed by atoms with Gasteiger partial charge in [0.2, 0.25) is 53.2 Å². The molecule has 0 radical (unpaired) electrons. The highest BCUT2D eigenvalue weighted by atomic mass is 16.5. The van der Waals surface area contributed by atoms with Crippen LogP contribution < -0.4 is 75.3 Å². The van der Waals surface area contributed by atoms with E-state index < -0.39 is 96.1 Å². The maximum atomic E-state index is 14.3. The summed E-state index contributed by atoms with van der Waals surface area (Å²) in [5, 5.41) is 36.1. The number of carbonyl (C=O) groups excluding carboxylic acids is 10. The van der Waals surface area contributed by atoms with Crippen molar-refractivity contribution in [3.8, 4) is 0 Å². The lowest BCUT2D eigenvalue weighted by Gasteiger charge is -2.28. The van der Waals surface area contributed by atoms with E-state index in [0.29, 0.717) is 129 Å². The molecular formula is C58H111N15O11. The van der Waals surface area contributed by atoms with Crippen LogP contribution in [0.15, 0.2) is 0 Å². The van der Waals surface area contributed by atoms with Crippen LogP contribution in [-0.2, 0) is 52.7 Å². The van der Waals surface area contributed by atoms with Gasteiger partial charge in [0.05, 0.1) is 19.2 Å². The molecule has 9 amide bonds. The minimum absolute atomic E-state index is 0.149. The van der Waals surface area contributed by atoms with E-state index in [0.717, 1.165) is 52.0 Å². The fourth-order valence-electron chi connectivity index (χ4n) is 9.76. The maximum Gasteiger partial charge on any atom is 0.293 e. The van der Waals surface area contributed by atoms with Crippen LogP contribution in [0.3, 0.4) is 0 Å². The van der Waals surface area contributed by atoms with E-state index in [4.69, 9.17) is 16.2 Å². The number of likely N-dealkylation sites (tertiary alicyclic amines) is 1. The van der Waals surface area contributed by atoms with Crippen molar-refractivity contribution in [1.82, 2.24) is 68.7 Å². The zero-order chi connectivity index (χ0) is 62.2. The number of carbonyl (C=O) groups is 10. The Hall–Kier alpha value is -5.54. The molecule has 1 saturated heterocycles. The Balaban J connectivity index is 3.34. The van der Waals surface area contributed by atoms with E-state index in [1.807, 2.05) is 34.6 Å². The second kappa shape index (κ2) is 49.7. The lowest BCUT2D eigenvalue weighted by molar-refractivity contribution is -0.140. The third kappa shape index (κ3) is 35.0. The number of rotatable bonds is 54. The molecule has 1 rings (SSSR count). The van der Waals surface area contributed by atoms with Crippen LogP contribution in [0, 0.1) is 0 Å². The summed E-state index contributed by atoms with van der Waals surface area (Å²) in [6.45, 7) is 16.9. The third-order valence-corrected chi connectivity index (χ3v) is 14.5. The molecule has 7 unspecified atom stereocenters. The molecule has 26 heteroatoms. The highest BCUT2D eigenvalue weighted by molar-refractivity contribution is 5.97. The molecule has 16 N–H and O–H groups in total. The number of likely N-dealkylation sites (N-methyl/N-ethyl adjacent to an activating group) is 1. The normalized spacial score (nSPS) is 15.1. The van der Waals surface area contributed by atoms with Crippen molar-refractivity contribution >= 4 is 59.6 Å². The Labute approximate surface area is 500 Å². The van der Waals surface area contributed by atoms with Gasteiger partial charge in [-0.15, -0.1) is 0 Å². The SMILES string of the molecule is CCNCCCCC(NCC)C(=O)NC(CCCCN)C(=O)NC(CCCCNCC)C(=O)NCC(=O)N1CCCC1C(=O)NC(CCCCNCC)C(=O)NC(CCOC=O)C(=O)NC(CCCCNCC)C(=O)NCCCCCC(N)=O. The predicted molar refractivity (Wildman–Crippen MR) is 325 cm³/mol. The first-order valence-corrected chi connectivity index (χ1v) is 31.6. The number of hydrogen-bond acceptors (Lipinski definition) is 17. The maximum absolute atomic E-state index is 14.3. The van der Waals surface area contributed by atoms with Gasteiger partial charge in [0.15, 0.2) is 0 Å². The summed E-state index contributed by atoms with van der Waals surface area (Å²) in [6.07, 6.45) is 10.9. The Morgan fingerprint density at radius 2 is 0.905 bits per heavy atom. The number of nitrogens with two attached hydrogens (primary N) is 2. The number of primary amides is 1. The Kier molecular flexibility index (Phi) is 45.2. The molecule has 7 atom stereocenters. The van der Waals surface area contributed by atoms with Crippen molar-refractivity contribution < 1.29 is 52.7 Å². The number of unbranched alkanes of at least 4 members (excludes halogenated alkanes) is 7. The van der Waals surface area contributed by atoms with Gasteiger partial charge in [0, 0.05) is 25.9 Å². The first-order chi connectivity index (χ1) is 40.6. The predicted octanol–water partition coefficient (Wildman–Crippen LogP) is -0.531. The number of nitrogens with one attached hydrogen (secondary N) is 12. The van der Waals surface area contributed by atoms with Crippen LogP contribution >= 0.6 is 0 Å². The van der Waals surface area contributed by atoms with Gasteiger partial charge in [0.1, 0.15) is 36.3 Å². The smallest absolute Gasteiger partial charge is 0.293 e. The second-order valence-electron chi connectivity index (χ2n) is 21.4. The molecule has 0 aromatic rings. The van der Waals surface area contributed by atoms with Gasteiger partial charge >= 0.3 is 0 Å². The number of ether oxygens (including phenoxy) is 1. The topological polar surface area (TPSA) is 380 Å². The molecule has 0 bridgehead atoms. The summed E-state index contributed by atoms with van der Waals surface area (Å²) >= 11 is 0. The van der Waals surface area contributed by atoms with Crippen LogP contribution in [0.5, 0.6) is 0 Å². The van der Waals surface area contributed by atoms with Gasteiger partial charge in [-0.2, -0.15) is 0 Å². The van der Waals surface area contributed by atoms with Crippen LogP contribution in [-0.4, -0.2) is 199 Å². The van der Waals surface area contributed by atoms with Crippen molar-refractivity contribution in [3.05, 3.63) is 0 Å². The fraction of sp³-hybridized carbons (Fsp3) is 0.828.